The molecule has 15 heavy (non-hydrogen) atoms. The zero-order valence-electron chi connectivity index (χ0n) is 8.21. The highest BCUT2D eigenvalue weighted by Crippen LogP contribution is 2.08. The van der Waals surface area contributed by atoms with Gasteiger partial charge in [-0.05, 0) is 25.1 Å². The summed E-state index contributed by atoms with van der Waals surface area (Å²) >= 11 is 0. The Hall–Kier alpha value is -2.10. The van der Waals surface area contributed by atoms with Gasteiger partial charge in [0, 0.05) is 18.0 Å². The molecular formula is C11H10N2O2. The van der Waals surface area contributed by atoms with Crippen molar-refractivity contribution >= 4 is 17.7 Å². The fourth-order valence-corrected chi connectivity index (χ4v) is 1.31. The first kappa shape index (κ1) is 9.45. The number of aliphatic carboxylic acids is 1. The van der Waals surface area contributed by atoms with Crippen LogP contribution in [-0.2, 0) is 4.79 Å². The van der Waals surface area contributed by atoms with Crippen molar-refractivity contribution in [1.29, 1.82) is 0 Å². The fourth-order valence-electron chi connectivity index (χ4n) is 1.31. The predicted molar refractivity (Wildman–Crippen MR) is 56.5 cm³/mol. The minimum atomic E-state index is -0.924. The molecule has 4 heteroatoms. The van der Waals surface area contributed by atoms with Crippen LogP contribution in [0.4, 0.5) is 0 Å². The smallest absolute Gasteiger partial charge is 0.331 e. The Labute approximate surface area is 86.5 Å². The first-order valence-corrected chi connectivity index (χ1v) is 4.52. The number of hydrogen-bond acceptors (Lipinski definition) is 2. The summed E-state index contributed by atoms with van der Waals surface area (Å²) < 4.78 is 1.85. The van der Waals surface area contributed by atoms with Gasteiger partial charge in [-0.15, -0.1) is 0 Å². The maximum atomic E-state index is 10.6. The van der Waals surface area contributed by atoms with Crippen molar-refractivity contribution in [2.45, 2.75) is 6.92 Å². The summed E-state index contributed by atoms with van der Waals surface area (Å²) in [6, 6.07) is 5.65. The van der Waals surface area contributed by atoms with Crippen molar-refractivity contribution in [2.24, 2.45) is 0 Å². The Balaban J connectivity index is 2.46. The third kappa shape index (κ3) is 1.88. The van der Waals surface area contributed by atoms with Crippen LogP contribution in [0.1, 0.15) is 12.6 Å². The molecule has 0 aliphatic carbocycles. The number of carboxylic acid groups (broad SMARTS) is 1. The standard InChI is InChI=1S/C11H10N2O2/c1-8(11(14)15)6-9-7-13-5-3-2-4-10(13)12-9/h2-7H,1H3,(H,14,15). The molecule has 2 heterocycles. The second-order valence-electron chi connectivity index (χ2n) is 3.26. The first-order chi connectivity index (χ1) is 7.16. The number of imidazole rings is 1. The van der Waals surface area contributed by atoms with Gasteiger partial charge in [0.25, 0.3) is 0 Å². The van der Waals surface area contributed by atoms with Crippen molar-refractivity contribution in [3.63, 3.8) is 0 Å². The molecule has 2 rings (SSSR count). The third-order valence-electron chi connectivity index (χ3n) is 2.08. The van der Waals surface area contributed by atoms with Crippen LogP contribution in [0.5, 0.6) is 0 Å². The molecule has 2 aromatic rings. The number of carboxylic acids is 1. The first-order valence-electron chi connectivity index (χ1n) is 4.52. The zero-order valence-corrected chi connectivity index (χ0v) is 8.21. The number of carbonyl (C=O) groups is 1. The summed E-state index contributed by atoms with van der Waals surface area (Å²) in [6.07, 6.45) is 5.22. The van der Waals surface area contributed by atoms with Gasteiger partial charge in [0.15, 0.2) is 0 Å². The molecule has 0 aromatic carbocycles. The van der Waals surface area contributed by atoms with Crippen molar-refractivity contribution in [2.75, 3.05) is 0 Å². The number of nitrogens with zero attached hydrogens (tertiary/aromatic N) is 2. The zero-order chi connectivity index (χ0) is 10.8. The molecule has 0 saturated carbocycles. The van der Waals surface area contributed by atoms with E-state index in [-0.39, 0.29) is 5.57 Å². The highest BCUT2D eigenvalue weighted by atomic mass is 16.4. The van der Waals surface area contributed by atoms with Crippen molar-refractivity contribution in [3.8, 4) is 0 Å². The minimum absolute atomic E-state index is 0.276. The largest absolute Gasteiger partial charge is 0.478 e. The van der Waals surface area contributed by atoms with Crippen LogP contribution >= 0.6 is 0 Å². The maximum Gasteiger partial charge on any atom is 0.331 e. The van der Waals surface area contributed by atoms with E-state index in [4.69, 9.17) is 5.11 Å². The van der Waals surface area contributed by atoms with Gasteiger partial charge in [0.1, 0.15) is 5.65 Å². The quantitative estimate of drug-likeness (QED) is 0.756. The molecule has 0 atom stereocenters. The van der Waals surface area contributed by atoms with Gasteiger partial charge in [-0.2, -0.15) is 0 Å². The highest BCUT2D eigenvalue weighted by molar-refractivity contribution is 5.91. The van der Waals surface area contributed by atoms with E-state index in [1.54, 1.807) is 19.2 Å². The summed E-state index contributed by atoms with van der Waals surface area (Å²) in [7, 11) is 0. The lowest BCUT2D eigenvalue weighted by Gasteiger charge is -1.88. The molecule has 2 aromatic heterocycles. The molecule has 0 unspecified atom stereocenters. The maximum absolute atomic E-state index is 10.6. The lowest BCUT2D eigenvalue weighted by molar-refractivity contribution is -0.132. The predicted octanol–water partition coefficient (Wildman–Crippen LogP) is 1.82. The van der Waals surface area contributed by atoms with E-state index in [1.807, 2.05) is 28.8 Å². The summed E-state index contributed by atoms with van der Waals surface area (Å²) in [6.45, 7) is 1.55. The van der Waals surface area contributed by atoms with Gasteiger partial charge in [0.2, 0.25) is 0 Å². The van der Waals surface area contributed by atoms with Gasteiger partial charge >= 0.3 is 5.97 Å². The van der Waals surface area contributed by atoms with Gasteiger partial charge in [-0.1, -0.05) is 6.07 Å². The number of hydrogen-bond donors (Lipinski definition) is 1. The van der Waals surface area contributed by atoms with E-state index >= 15 is 0 Å². The average molecular weight is 202 g/mol. The Morgan fingerprint density at radius 1 is 1.53 bits per heavy atom. The summed E-state index contributed by atoms with van der Waals surface area (Å²) in [4.78, 5) is 14.9. The fraction of sp³-hybridized carbons (Fsp3) is 0.0909. The van der Waals surface area contributed by atoms with Crippen molar-refractivity contribution in [1.82, 2.24) is 9.38 Å². The topological polar surface area (TPSA) is 54.6 Å². The van der Waals surface area contributed by atoms with E-state index in [1.165, 1.54) is 0 Å². The van der Waals surface area contributed by atoms with E-state index in [0.717, 1.165) is 5.65 Å². The van der Waals surface area contributed by atoms with E-state index in [9.17, 15) is 4.79 Å². The van der Waals surface area contributed by atoms with Crippen molar-refractivity contribution < 1.29 is 9.90 Å². The molecule has 1 N–H and O–H groups in total. The van der Waals surface area contributed by atoms with E-state index < -0.39 is 5.97 Å². The van der Waals surface area contributed by atoms with E-state index in [2.05, 4.69) is 4.98 Å². The van der Waals surface area contributed by atoms with Gasteiger partial charge in [-0.3, -0.25) is 0 Å². The number of fused-ring (bicyclic) bond motifs is 1. The second-order valence-corrected chi connectivity index (χ2v) is 3.26. The lowest BCUT2D eigenvalue weighted by atomic mass is 10.2. The summed E-state index contributed by atoms with van der Waals surface area (Å²) in [5.41, 5.74) is 1.74. The summed E-state index contributed by atoms with van der Waals surface area (Å²) in [5, 5.41) is 8.72. The number of pyridine rings is 1. The minimum Gasteiger partial charge on any atom is -0.478 e. The van der Waals surface area contributed by atoms with Gasteiger partial charge in [-0.25, -0.2) is 9.78 Å². The van der Waals surface area contributed by atoms with Gasteiger partial charge in [0.05, 0.1) is 5.69 Å². The summed E-state index contributed by atoms with van der Waals surface area (Å²) in [5.74, 6) is -0.924. The van der Waals surface area contributed by atoms with Crippen LogP contribution in [0.25, 0.3) is 11.7 Å². The van der Waals surface area contributed by atoms with Crippen LogP contribution in [0.3, 0.4) is 0 Å². The molecule has 0 aliphatic rings. The second kappa shape index (κ2) is 3.57. The Morgan fingerprint density at radius 2 is 2.33 bits per heavy atom. The molecule has 76 valence electrons. The molecule has 0 aliphatic heterocycles. The Morgan fingerprint density at radius 3 is 3.00 bits per heavy atom. The molecule has 4 nitrogen and oxygen atoms in total. The monoisotopic (exact) mass is 202 g/mol. The van der Waals surface area contributed by atoms with Crippen LogP contribution in [0.15, 0.2) is 36.2 Å². The molecule has 0 bridgehead atoms. The SMILES string of the molecule is CC(=Cc1cn2ccccc2n1)C(=O)O. The lowest BCUT2D eigenvalue weighted by Crippen LogP contribution is -1.95. The molecule has 0 spiro atoms. The van der Waals surface area contributed by atoms with Gasteiger partial charge < -0.3 is 9.51 Å². The number of rotatable bonds is 2. The van der Waals surface area contributed by atoms with Crippen molar-refractivity contribution in [3.05, 3.63) is 41.9 Å². The van der Waals surface area contributed by atoms with Crippen LogP contribution in [0.2, 0.25) is 0 Å². The average Bonchev–Trinajstić information content (AvgIpc) is 2.59. The third-order valence-corrected chi connectivity index (χ3v) is 2.08. The molecule has 0 radical (unpaired) electrons. The van der Waals surface area contributed by atoms with Crippen LogP contribution < -0.4 is 0 Å². The molecule has 0 saturated heterocycles. The molecular weight excluding hydrogens is 192 g/mol. The highest BCUT2D eigenvalue weighted by Gasteiger charge is 2.02. The molecule has 0 amide bonds. The van der Waals surface area contributed by atoms with Crippen LogP contribution in [0, 0.1) is 0 Å². The Bertz CT molecular complexity index is 507. The van der Waals surface area contributed by atoms with Crippen LogP contribution in [-0.4, -0.2) is 20.5 Å². The normalized spacial score (nSPS) is 11.9. The Kier molecular flexibility index (Phi) is 2.25. The van der Waals surface area contributed by atoms with E-state index in [0.29, 0.717) is 5.69 Å². The number of aromatic nitrogens is 2. The molecule has 0 fully saturated rings.